The molecule has 220 valence electrons. The number of piperidine rings is 1. The van der Waals surface area contributed by atoms with Crippen LogP contribution in [0.1, 0.15) is 33.6 Å². The first-order valence-electron chi connectivity index (χ1n) is 12.2. The second-order valence-electron chi connectivity index (χ2n) is 9.13. The third kappa shape index (κ3) is 7.02. The topological polar surface area (TPSA) is 133 Å². The SMILES string of the molecule is O=C(O)COc1c(C(=O)O)sc(-c2cccc(N(C3CCNCC3)S(=O)(=O)Cc3ccccc3C(F)(F)F)c2)c1Br. The van der Waals surface area contributed by atoms with Crippen LogP contribution in [0.25, 0.3) is 10.4 Å². The van der Waals surface area contributed by atoms with Gasteiger partial charge in [0.15, 0.2) is 17.2 Å². The quantitative estimate of drug-likeness (QED) is 0.258. The average Bonchev–Trinajstić information content (AvgIpc) is 3.24. The number of sulfonamides is 1. The van der Waals surface area contributed by atoms with E-state index in [1.807, 2.05) is 0 Å². The minimum atomic E-state index is -4.74. The molecule has 3 N–H and O–H groups in total. The molecule has 0 radical (unpaired) electrons. The molecule has 41 heavy (non-hydrogen) atoms. The zero-order valence-electron chi connectivity index (χ0n) is 21.2. The van der Waals surface area contributed by atoms with Crippen molar-refractivity contribution in [3.63, 3.8) is 0 Å². The van der Waals surface area contributed by atoms with E-state index in [0.717, 1.165) is 27.8 Å². The molecular formula is C26H24BrF3N2O7S2. The molecular weight excluding hydrogens is 653 g/mol. The largest absolute Gasteiger partial charge is 0.479 e. The lowest BCUT2D eigenvalue weighted by Crippen LogP contribution is -2.46. The number of hydrogen-bond donors (Lipinski definition) is 3. The van der Waals surface area contributed by atoms with Gasteiger partial charge in [-0.1, -0.05) is 30.3 Å². The molecule has 2 heterocycles. The highest BCUT2D eigenvalue weighted by Gasteiger charge is 2.37. The molecule has 0 saturated carbocycles. The summed E-state index contributed by atoms with van der Waals surface area (Å²) in [6, 6.07) is 10.2. The standard InChI is InChI=1S/C26H24BrF3N2O7S2/c27-21-22(39-13-20(33)34)24(25(35)36)40-23(21)15-5-3-6-18(12-15)32(17-8-10-31-11-9-17)41(37,38)14-16-4-1-2-7-19(16)26(28,29)30/h1-7,12,17,31H,8-11,13-14H2,(H,33,34)(H,35,36). The van der Waals surface area contributed by atoms with Crippen LogP contribution in [-0.4, -0.2) is 56.3 Å². The van der Waals surface area contributed by atoms with Crippen molar-refractivity contribution >= 4 is 54.9 Å². The lowest BCUT2D eigenvalue weighted by molar-refractivity contribution is -0.139. The molecule has 0 unspecified atom stereocenters. The zero-order chi connectivity index (χ0) is 29.9. The van der Waals surface area contributed by atoms with Crippen LogP contribution in [0.15, 0.2) is 53.0 Å². The second kappa shape index (κ2) is 12.4. The van der Waals surface area contributed by atoms with Crippen LogP contribution in [-0.2, 0) is 26.7 Å². The van der Waals surface area contributed by atoms with Gasteiger partial charge in [0.1, 0.15) is 0 Å². The Balaban J connectivity index is 1.79. The van der Waals surface area contributed by atoms with Gasteiger partial charge in [0.05, 0.1) is 26.4 Å². The summed E-state index contributed by atoms with van der Waals surface area (Å²) in [5.74, 6) is -3.72. The zero-order valence-corrected chi connectivity index (χ0v) is 24.4. The smallest absolute Gasteiger partial charge is 0.416 e. The minimum absolute atomic E-state index is 0.175. The van der Waals surface area contributed by atoms with Crippen LogP contribution in [0.5, 0.6) is 5.75 Å². The predicted molar refractivity (Wildman–Crippen MR) is 150 cm³/mol. The van der Waals surface area contributed by atoms with Gasteiger partial charge in [-0.25, -0.2) is 18.0 Å². The van der Waals surface area contributed by atoms with Crippen molar-refractivity contribution in [1.82, 2.24) is 5.32 Å². The summed E-state index contributed by atoms with van der Waals surface area (Å²) in [5, 5.41) is 21.8. The maximum Gasteiger partial charge on any atom is 0.416 e. The van der Waals surface area contributed by atoms with Crippen LogP contribution >= 0.6 is 27.3 Å². The number of carboxylic acid groups (broad SMARTS) is 2. The molecule has 0 spiro atoms. The van der Waals surface area contributed by atoms with Gasteiger partial charge in [-0.05, 0) is 71.2 Å². The number of aromatic carboxylic acids is 1. The highest BCUT2D eigenvalue weighted by molar-refractivity contribution is 9.10. The number of benzene rings is 2. The van der Waals surface area contributed by atoms with Crippen molar-refractivity contribution in [2.45, 2.75) is 30.8 Å². The van der Waals surface area contributed by atoms with Gasteiger partial charge < -0.3 is 20.3 Å². The van der Waals surface area contributed by atoms with E-state index in [9.17, 15) is 36.3 Å². The first-order valence-corrected chi connectivity index (χ1v) is 15.4. The Morgan fingerprint density at radius 1 is 1.10 bits per heavy atom. The van der Waals surface area contributed by atoms with Crippen molar-refractivity contribution in [3.8, 4) is 16.2 Å². The van der Waals surface area contributed by atoms with Crippen molar-refractivity contribution < 1.29 is 46.1 Å². The number of carbonyl (C=O) groups is 2. The van der Waals surface area contributed by atoms with E-state index in [1.54, 1.807) is 12.1 Å². The predicted octanol–water partition coefficient (Wildman–Crippen LogP) is 5.45. The number of nitrogens with zero attached hydrogens (tertiary/aromatic N) is 1. The Morgan fingerprint density at radius 3 is 2.41 bits per heavy atom. The number of anilines is 1. The Bertz CT molecular complexity index is 1550. The van der Waals surface area contributed by atoms with E-state index in [4.69, 9.17) is 9.84 Å². The molecule has 1 aliphatic heterocycles. The monoisotopic (exact) mass is 676 g/mol. The van der Waals surface area contributed by atoms with Crippen LogP contribution < -0.4 is 14.4 Å². The van der Waals surface area contributed by atoms with Gasteiger partial charge in [0.2, 0.25) is 10.0 Å². The number of nitrogens with one attached hydrogen (secondary N) is 1. The second-order valence-corrected chi connectivity index (χ2v) is 12.8. The molecule has 9 nitrogen and oxygen atoms in total. The van der Waals surface area contributed by atoms with Crippen molar-refractivity contribution in [2.75, 3.05) is 24.0 Å². The van der Waals surface area contributed by atoms with E-state index in [2.05, 4.69) is 21.2 Å². The molecule has 0 aliphatic carbocycles. The number of alkyl halides is 3. The maximum atomic E-state index is 13.9. The Morgan fingerprint density at radius 2 is 1.78 bits per heavy atom. The fourth-order valence-corrected chi connectivity index (χ4v) is 8.37. The molecule has 0 amide bonds. The van der Waals surface area contributed by atoms with Crippen molar-refractivity contribution in [2.24, 2.45) is 0 Å². The highest BCUT2D eigenvalue weighted by atomic mass is 79.9. The molecule has 1 aromatic heterocycles. The third-order valence-electron chi connectivity index (χ3n) is 6.31. The van der Waals surface area contributed by atoms with Crippen molar-refractivity contribution in [3.05, 3.63) is 69.0 Å². The van der Waals surface area contributed by atoms with E-state index in [0.29, 0.717) is 36.4 Å². The number of halogens is 4. The molecule has 0 atom stereocenters. The van der Waals surface area contributed by atoms with Gasteiger partial charge in [-0.2, -0.15) is 13.2 Å². The molecule has 4 rings (SSSR count). The summed E-state index contributed by atoms with van der Waals surface area (Å²) in [6.45, 7) is 0.243. The number of rotatable bonds is 10. The summed E-state index contributed by atoms with van der Waals surface area (Å²) in [6.07, 6.45) is -3.90. The fourth-order valence-electron chi connectivity index (χ4n) is 4.60. The molecule has 1 fully saturated rings. The number of aliphatic carboxylic acids is 1. The lowest BCUT2D eigenvalue weighted by atomic mass is 10.1. The maximum absolute atomic E-state index is 13.9. The average molecular weight is 678 g/mol. The van der Waals surface area contributed by atoms with Crippen LogP contribution in [0.2, 0.25) is 0 Å². The number of thiophene rings is 1. The van der Waals surface area contributed by atoms with E-state index < -0.39 is 52.1 Å². The van der Waals surface area contributed by atoms with Gasteiger partial charge >= 0.3 is 18.1 Å². The van der Waals surface area contributed by atoms with Crippen LogP contribution in [0.3, 0.4) is 0 Å². The van der Waals surface area contributed by atoms with Crippen molar-refractivity contribution in [1.29, 1.82) is 0 Å². The molecule has 3 aromatic rings. The van der Waals surface area contributed by atoms with Gasteiger partial charge in [0, 0.05) is 6.04 Å². The van der Waals surface area contributed by atoms with Gasteiger partial charge in [-0.15, -0.1) is 11.3 Å². The normalized spacial score (nSPS) is 14.5. The molecule has 15 heteroatoms. The summed E-state index contributed by atoms with van der Waals surface area (Å²) < 4.78 is 75.3. The molecule has 2 aromatic carbocycles. The first-order chi connectivity index (χ1) is 19.3. The summed E-state index contributed by atoms with van der Waals surface area (Å²) >= 11 is 4.09. The summed E-state index contributed by atoms with van der Waals surface area (Å²) in [4.78, 5) is 22.9. The van der Waals surface area contributed by atoms with Crippen LogP contribution in [0, 0.1) is 0 Å². The number of ether oxygens (including phenoxy) is 1. The molecule has 0 bridgehead atoms. The van der Waals surface area contributed by atoms with Crippen LogP contribution in [0.4, 0.5) is 18.9 Å². The van der Waals surface area contributed by atoms with E-state index >= 15 is 0 Å². The minimum Gasteiger partial charge on any atom is -0.479 e. The Hall–Kier alpha value is -3.14. The van der Waals surface area contributed by atoms with Gasteiger partial charge in [-0.3, -0.25) is 4.31 Å². The third-order valence-corrected chi connectivity index (χ3v) is 10.3. The van der Waals surface area contributed by atoms with Gasteiger partial charge in [0.25, 0.3) is 0 Å². The summed E-state index contributed by atoms with van der Waals surface area (Å²) in [5.41, 5.74) is -0.802. The van der Waals surface area contributed by atoms with E-state index in [1.165, 1.54) is 24.3 Å². The number of carboxylic acids is 2. The Labute approximate surface area is 245 Å². The van der Waals surface area contributed by atoms with E-state index in [-0.39, 0.29) is 26.4 Å². The fraction of sp³-hybridized carbons (Fsp3) is 0.308. The Kier molecular flexibility index (Phi) is 9.31. The molecule has 1 saturated heterocycles. The lowest BCUT2D eigenvalue weighted by Gasteiger charge is -2.36. The highest BCUT2D eigenvalue weighted by Crippen LogP contribution is 2.46. The first kappa shape index (κ1) is 30.8. The summed E-state index contributed by atoms with van der Waals surface area (Å²) in [7, 11) is -4.34. The number of hydrogen-bond acceptors (Lipinski definition) is 7. The molecule has 1 aliphatic rings.